The molecular weight excluding hydrogens is 346 g/mol. The number of hydrogen-bond donors (Lipinski definition) is 1. The Bertz CT molecular complexity index is 967. The number of carbonyl (C=O) groups excluding carboxylic acids is 2. The topological polar surface area (TPSA) is 86.4 Å². The third-order valence-corrected chi connectivity index (χ3v) is 3.77. The minimum atomic E-state index is -0.262. The highest BCUT2D eigenvalue weighted by atomic mass is 16.5. The van der Waals surface area contributed by atoms with E-state index in [1.165, 1.54) is 13.0 Å². The van der Waals surface area contributed by atoms with Crippen molar-refractivity contribution in [3.8, 4) is 5.75 Å². The predicted octanol–water partition coefficient (Wildman–Crippen LogP) is 3.39. The Morgan fingerprint density at radius 2 is 2.00 bits per heavy atom. The first-order valence-electron chi connectivity index (χ1n) is 8.29. The zero-order chi connectivity index (χ0) is 19.2. The van der Waals surface area contributed by atoms with Gasteiger partial charge in [-0.3, -0.25) is 14.3 Å². The number of ether oxygens (including phenoxy) is 1. The molecular formula is C20H19N3O4. The molecule has 0 radical (unpaired) electrons. The van der Waals surface area contributed by atoms with Gasteiger partial charge in [0.1, 0.15) is 11.5 Å². The fourth-order valence-electron chi connectivity index (χ4n) is 2.40. The fourth-order valence-corrected chi connectivity index (χ4v) is 2.40. The van der Waals surface area contributed by atoms with E-state index >= 15 is 0 Å². The lowest BCUT2D eigenvalue weighted by molar-refractivity contribution is -0.111. The lowest BCUT2D eigenvalue weighted by Gasteiger charge is -2.00. The summed E-state index contributed by atoms with van der Waals surface area (Å²) in [5, 5.41) is 6.92. The molecule has 138 valence electrons. The van der Waals surface area contributed by atoms with Gasteiger partial charge in [-0.1, -0.05) is 12.1 Å². The van der Waals surface area contributed by atoms with Gasteiger partial charge in [-0.2, -0.15) is 5.10 Å². The zero-order valence-electron chi connectivity index (χ0n) is 15.0. The molecule has 0 saturated carbocycles. The number of amides is 1. The van der Waals surface area contributed by atoms with Crippen LogP contribution in [-0.2, 0) is 11.3 Å². The van der Waals surface area contributed by atoms with E-state index in [2.05, 4.69) is 10.4 Å². The van der Waals surface area contributed by atoms with Gasteiger partial charge in [0, 0.05) is 19.2 Å². The molecule has 0 aliphatic carbocycles. The van der Waals surface area contributed by atoms with E-state index in [9.17, 15) is 9.59 Å². The van der Waals surface area contributed by atoms with E-state index in [1.807, 2.05) is 24.3 Å². The first-order chi connectivity index (χ1) is 13.0. The molecule has 1 aromatic carbocycles. The number of Topliss-reactive ketones (excluding diaryl/α,β-unsaturated/α-hetero) is 1. The monoisotopic (exact) mass is 365 g/mol. The van der Waals surface area contributed by atoms with Gasteiger partial charge < -0.3 is 14.5 Å². The van der Waals surface area contributed by atoms with Crippen molar-refractivity contribution in [1.29, 1.82) is 0 Å². The van der Waals surface area contributed by atoms with Crippen molar-refractivity contribution in [2.45, 2.75) is 13.5 Å². The highest BCUT2D eigenvalue weighted by Crippen LogP contribution is 2.14. The number of methoxy groups -OCH3 is 1. The Kier molecular flexibility index (Phi) is 5.51. The van der Waals surface area contributed by atoms with Gasteiger partial charge in [0.2, 0.25) is 5.91 Å². The molecule has 0 fully saturated rings. The average Bonchev–Trinajstić information content (AvgIpc) is 3.30. The summed E-state index contributed by atoms with van der Waals surface area (Å²) in [5.41, 5.74) is 1.46. The summed E-state index contributed by atoms with van der Waals surface area (Å²) in [6.07, 6.45) is 6.40. The van der Waals surface area contributed by atoms with Crippen molar-refractivity contribution in [2.24, 2.45) is 0 Å². The van der Waals surface area contributed by atoms with E-state index < -0.39 is 0 Å². The Labute approximate surface area is 156 Å². The maximum absolute atomic E-state index is 12.0. The number of furan rings is 1. The first-order valence-corrected chi connectivity index (χ1v) is 8.29. The minimum absolute atomic E-state index is 0.127. The van der Waals surface area contributed by atoms with Crippen LogP contribution < -0.4 is 10.1 Å². The van der Waals surface area contributed by atoms with Gasteiger partial charge in [-0.25, -0.2) is 0 Å². The molecule has 0 atom stereocenters. The molecule has 7 heteroatoms. The molecule has 0 aliphatic heterocycles. The van der Waals surface area contributed by atoms with E-state index in [0.29, 0.717) is 23.8 Å². The Morgan fingerprint density at radius 3 is 2.67 bits per heavy atom. The number of nitrogens with one attached hydrogen (secondary N) is 1. The van der Waals surface area contributed by atoms with Gasteiger partial charge >= 0.3 is 0 Å². The van der Waals surface area contributed by atoms with Crippen LogP contribution in [0, 0.1) is 0 Å². The number of carbonyl (C=O) groups is 2. The van der Waals surface area contributed by atoms with E-state index in [4.69, 9.17) is 9.15 Å². The quantitative estimate of drug-likeness (QED) is 0.512. The van der Waals surface area contributed by atoms with Crippen LogP contribution in [0.5, 0.6) is 5.75 Å². The summed E-state index contributed by atoms with van der Waals surface area (Å²) in [6, 6.07) is 10.7. The van der Waals surface area contributed by atoms with Crippen molar-refractivity contribution in [2.75, 3.05) is 12.4 Å². The first kappa shape index (κ1) is 18.2. The van der Waals surface area contributed by atoms with Crippen molar-refractivity contribution in [3.05, 3.63) is 72.0 Å². The normalized spacial score (nSPS) is 10.9. The highest BCUT2D eigenvalue weighted by Gasteiger charge is 2.08. The van der Waals surface area contributed by atoms with Crippen molar-refractivity contribution in [3.63, 3.8) is 0 Å². The molecule has 0 saturated heterocycles. The molecule has 1 N–H and O–H groups in total. The van der Waals surface area contributed by atoms with Gasteiger partial charge in [0.25, 0.3) is 0 Å². The van der Waals surface area contributed by atoms with Gasteiger partial charge in [0.05, 0.1) is 25.5 Å². The lowest BCUT2D eigenvalue weighted by atomic mass is 10.2. The molecule has 2 heterocycles. The summed E-state index contributed by atoms with van der Waals surface area (Å²) < 4.78 is 12.1. The van der Waals surface area contributed by atoms with Gasteiger partial charge in [0.15, 0.2) is 11.5 Å². The molecule has 2 aromatic heterocycles. The van der Waals surface area contributed by atoms with Crippen LogP contribution in [0.15, 0.2) is 59.3 Å². The number of ketones is 1. The number of hydrogen-bond acceptors (Lipinski definition) is 5. The minimum Gasteiger partial charge on any atom is -0.497 e. The smallest absolute Gasteiger partial charge is 0.248 e. The molecule has 3 rings (SSSR count). The molecule has 3 aromatic rings. The Balaban J connectivity index is 1.56. The molecule has 0 unspecified atom stereocenters. The van der Waals surface area contributed by atoms with Crippen LogP contribution in [-0.4, -0.2) is 28.6 Å². The number of aromatic nitrogens is 2. The summed E-state index contributed by atoms with van der Waals surface area (Å²) in [4.78, 5) is 23.3. The predicted molar refractivity (Wildman–Crippen MR) is 101 cm³/mol. The van der Waals surface area contributed by atoms with Crippen LogP contribution >= 0.6 is 0 Å². The van der Waals surface area contributed by atoms with Gasteiger partial charge in [-0.05, 0) is 35.9 Å². The second kappa shape index (κ2) is 8.18. The highest BCUT2D eigenvalue weighted by molar-refractivity contribution is 6.01. The van der Waals surface area contributed by atoms with Crippen molar-refractivity contribution >= 4 is 23.5 Å². The van der Waals surface area contributed by atoms with E-state index in [0.717, 1.165) is 11.3 Å². The summed E-state index contributed by atoms with van der Waals surface area (Å²) in [7, 11) is 1.60. The maximum Gasteiger partial charge on any atom is 0.248 e. The number of rotatable bonds is 7. The van der Waals surface area contributed by atoms with Crippen LogP contribution in [0.3, 0.4) is 0 Å². The largest absolute Gasteiger partial charge is 0.497 e. The van der Waals surface area contributed by atoms with Crippen LogP contribution in [0.25, 0.3) is 6.08 Å². The average molecular weight is 365 g/mol. The fraction of sp³-hybridized carbons (Fsp3) is 0.150. The van der Waals surface area contributed by atoms with E-state index in [-0.39, 0.29) is 11.7 Å². The third-order valence-electron chi connectivity index (χ3n) is 3.77. The molecule has 0 spiro atoms. The van der Waals surface area contributed by atoms with Crippen molar-refractivity contribution in [1.82, 2.24) is 9.78 Å². The van der Waals surface area contributed by atoms with Crippen LogP contribution in [0.4, 0.5) is 5.69 Å². The summed E-state index contributed by atoms with van der Waals surface area (Å²) in [6.45, 7) is 1.81. The van der Waals surface area contributed by atoms with Crippen LogP contribution in [0.1, 0.15) is 28.8 Å². The molecule has 0 aliphatic rings. The molecule has 0 bridgehead atoms. The third kappa shape index (κ3) is 4.94. The Hall–Kier alpha value is -3.61. The summed E-state index contributed by atoms with van der Waals surface area (Å²) >= 11 is 0. The second-order valence-corrected chi connectivity index (χ2v) is 5.84. The van der Waals surface area contributed by atoms with Crippen molar-refractivity contribution < 1.29 is 18.7 Å². The second-order valence-electron chi connectivity index (χ2n) is 5.84. The van der Waals surface area contributed by atoms with E-state index in [1.54, 1.807) is 42.4 Å². The molecule has 1 amide bonds. The molecule has 7 nitrogen and oxygen atoms in total. The van der Waals surface area contributed by atoms with Crippen LogP contribution in [0.2, 0.25) is 0 Å². The number of nitrogens with zero attached hydrogens (tertiary/aromatic N) is 2. The molecule has 27 heavy (non-hydrogen) atoms. The summed E-state index contributed by atoms with van der Waals surface area (Å²) in [5.74, 6) is 1.30. The standard InChI is InChI=1S/C20H19N3O4/c1-14(24)19-9-8-18(27-19)13-23-12-16(11-21-23)22-20(25)10-5-15-3-6-17(26-2)7-4-15/h3-12H,13H2,1-2H3,(H,22,25)/b10-5-. The zero-order valence-corrected chi connectivity index (χ0v) is 15.0. The Morgan fingerprint density at radius 1 is 1.22 bits per heavy atom. The SMILES string of the molecule is COc1ccc(/C=C\C(=O)Nc2cnn(Cc3ccc(C(C)=O)o3)c2)cc1. The van der Waals surface area contributed by atoms with Gasteiger partial charge in [-0.15, -0.1) is 0 Å². The lowest BCUT2D eigenvalue weighted by Crippen LogP contribution is -2.07. The maximum atomic E-state index is 12.0. The number of benzene rings is 1. The number of anilines is 1.